The molecule has 5 nitrogen and oxygen atoms in total. The fraction of sp³-hybridized carbons (Fsp3) is 0.400. The zero-order valence-corrected chi connectivity index (χ0v) is 5.29. The van der Waals surface area contributed by atoms with Crippen LogP contribution in [0.5, 0.6) is 0 Å². The molecule has 1 atom stereocenters. The Kier molecular flexibility index (Phi) is 3.08. The van der Waals surface area contributed by atoms with Gasteiger partial charge in [-0.2, -0.15) is 5.26 Å². The van der Waals surface area contributed by atoms with Crippen molar-refractivity contribution in [2.45, 2.75) is 13.0 Å². The van der Waals surface area contributed by atoms with Crippen molar-refractivity contribution in [3.63, 3.8) is 0 Å². The van der Waals surface area contributed by atoms with E-state index in [1.807, 2.05) is 0 Å². The number of aliphatic hydroxyl groups is 1. The van der Waals surface area contributed by atoms with E-state index in [0.717, 1.165) is 6.92 Å². The van der Waals surface area contributed by atoms with Gasteiger partial charge in [-0.25, -0.2) is 0 Å². The molecular formula is C5H6N2O3. The summed E-state index contributed by atoms with van der Waals surface area (Å²) in [5.74, 6) is -1.46. The van der Waals surface area contributed by atoms with Crippen LogP contribution < -0.4 is 0 Å². The predicted molar refractivity (Wildman–Crippen MR) is 31.1 cm³/mol. The summed E-state index contributed by atoms with van der Waals surface area (Å²) in [5, 5.41) is 23.2. The molecule has 5 heteroatoms. The second-order valence-corrected chi connectivity index (χ2v) is 1.49. The predicted octanol–water partition coefficient (Wildman–Crippen LogP) is -0.589. The summed E-state index contributed by atoms with van der Waals surface area (Å²) in [6.45, 7) is 1.08. The van der Waals surface area contributed by atoms with Crippen molar-refractivity contribution >= 4 is 11.9 Å². The van der Waals surface area contributed by atoms with Gasteiger partial charge in [0.05, 0.1) is 0 Å². The van der Waals surface area contributed by atoms with Crippen molar-refractivity contribution in [3.8, 4) is 6.07 Å². The molecule has 10 heavy (non-hydrogen) atoms. The second-order valence-electron chi connectivity index (χ2n) is 1.49. The Bertz CT molecular complexity index is 194. The van der Waals surface area contributed by atoms with Crippen molar-refractivity contribution in [3.05, 3.63) is 0 Å². The van der Waals surface area contributed by atoms with E-state index in [1.54, 1.807) is 0 Å². The summed E-state index contributed by atoms with van der Waals surface area (Å²) in [7, 11) is 0. The zero-order chi connectivity index (χ0) is 8.15. The molecule has 0 saturated carbocycles. The third-order valence-electron chi connectivity index (χ3n) is 0.624. The van der Waals surface area contributed by atoms with Gasteiger partial charge in [0.2, 0.25) is 12.0 Å². The van der Waals surface area contributed by atoms with Gasteiger partial charge in [0.15, 0.2) is 0 Å². The van der Waals surface area contributed by atoms with E-state index in [-0.39, 0.29) is 0 Å². The topological polar surface area (TPSA) is 94.2 Å². The lowest BCUT2D eigenvalue weighted by molar-refractivity contribution is -0.133. The molecule has 0 aliphatic rings. The Balaban J connectivity index is 3.88. The highest BCUT2D eigenvalue weighted by molar-refractivity contribution is 5.89. The summed E-state index contributed by atoms with van der Waals surface area (Å²) in [6.07, 6.45) is -1.65. The van der Waals surface area contributed by atoms with Crippen LogP contribution in [0.1, 0.15) is 6.92 Å². The molecule has 0 bridgehead atoms. The Morgan fingerprint density at radius 2 is 2.40 bits per heavy atom. The van der Waals surface area contributed by atoms with Crippen LogP contribution in [0.3, 0.4) is 0 Å². The standard InChI is InChI=1S/C5H6N2O3/c1-3(8)10-5(7)4(9)2-6/h4,7,9H,1H3. The van der Waals surface area contributed by atoms with Crippen molar-refractivity contribution in [2.75, 3.05) is 0 Å². The van der Waals surface area contributed by atoms with Gasteiger partial charge in [0.25, 0.3) is 0 Å². The van der Waals surface area contributed by atoms with E-state index in [9.17, 15) is 4.79 Å². The lowest BCUT2D eigenvalue weighted by Crippen LogP contribution is -2.22. The first-order valence-corrected chi connectivity index (χ1v) is 2.42. The Hall–Kier alpha value is -1.41. The SMILES string of the molecule is CC(=O)OC(=N)C(O)C#N. The van der Waals surface area contributed by atoms with Gasteiger partial charge >= 0.3 is 5.97 Å². The maximum Gasteiger partial charge on any atom is 0.309 e. The van der Waals surface area contributed by atoms with Crippen LogP contribution in [-0.4, -0.2) is 23.1 Å². The van der Waals surface area contributed by atoms with E-state index in [4.69, 9.17) is 15.8 Å². The van der Waals surface area contributed by atoms with Gasteiger partial charge in [0, 0.05) is 6.92 Å². The second kappa shape index (κ2) is 3.58. The third kappa shape index (κ3) is 2.79. The molecule has 2 N–H and O–H groups in total. The summed E-state index contributed by atoms with van der Waals surface area (Å²) in [5.41, 5.74) is 0. The lowest BCUT2D eigenvalue weighted by atomic mass is 10.4. The van der Waals surface area contributed by atoms with E-state index in [1.165, 1.54) is 6.07 Å². The van der Waals surface area contributed by atoms with Gasteiger partial charge in [-0.3, -0.25) is 10.2 Å². The molecule has 0 aromatic rings. The van der Waals surface area contributed by atoms with Crippen LogP contribution in [0.2, 0.25) is 0 Å². The number of rotatable bonds is 1. The molecule has 0 aliphatic carbocycles. The molecule has 0 rings (SSSR count). The molecule has 0 saturated heterocycles. The van der Waals surface area contributed by atoms with Crippen LogP contribution in [-0.2, 0) is 9.53 Å². The molecule has 0 heterocycles. The van der Waals surface area contributed by atoms with E-state index in [2.05, 4.69) is 4.74 Å². The number of hydrogen-bond donors (Lipinski definition) is 2. The number of nitrogens with zero attached hydrogens (tertiary/aromatic N) is 1. The number of hydrogen-bond acceptors (Lipinski definition) is 5. The van der Waals surface area contributed by atoms with Crippen molar-refractivity contribution in [1.29, 1.82) is 10.7 Å². The molecular weight excluding hydrogens is 136 g/mol. The van der Waals surface area contributed by atoms with Gasteiger partial charge in [-0.1, -0.05) is 0 Å². The normalized spacial score (nSPS) is 11.3. The molecule has 0 spiro atoms. The zero-order valence-electron chi connectivity index (χ0n) is 5.29. The first-order chi connectivity index (χ1) is 4.57. The molecule has 54 valence electrons. The summed E-state index contributed by atoms with van der Waals surface area (Å²) < 4.78 is 4.07. The Morgan fingerprint density at radius 1 is 1.90 bits per heavy atom. The van der Waals surface area contributed by atoms with E-state index in [0.29, 0.717) is 0 Å². The number of esters is 1. The van der Waals surface area contributed by atoms with E-state index < -0.39 is 18.0 Å². The number of aliphatic hydroxyl groups excluding tert-OH is 1. The van der Waals surface area contributed by atoms with Crippen LogP contribution in [0, 0.1) is 16.7 Å². The average Bonchev–Trinajstić information content (AvgIpc) is 1.85. The lowest BCUT2D eigenvalue weighted by Gasteiger charge is -2.01. The number of carbonyl (C=O) groups excluding carboxylic acids is 1. The Morgan fingerprint density at radius 3 is 2.70 bits per heavy atom. The quantitative estimate of drug-likeness (QED) is 0.221. The van der Waals surface area contributed by atoms with Crippen molar-refractivity contribution < 1.29 is 14.6 Å². The maximum atomic E-state index is 10.1. The average molecular weight is 142 g/mol. The molecule has 0 amide bonds. The first kappa shape index (κ1) is 8.59. The van der Waals surface area contributed by atoms with Gasteiger partial charge < -0.3 is 9.84 Å². The maximum absolute atomic E-state index is 10.1. The highest BCUT2D eigenvalue weighted by atomic mass is 16.5. The van der Waals surface area contributed by atoms with Gasteiger partial charge in [0.1, 0.15) is 6.07 Å². The fourth-order valence-corrected chi connectivity index (χ4v) is 0.269. The molecule has 0 aromatic carbocycles. The highest BCUT2D eigenvalue weighted by Crippen LogP contribution is 1.86. The van der Waals surface area contributed by atoms with Crippen LogP contribution in [0.4, 0.5) is 0 Å². The number of nitriles is 1. The Labute approximate surface area is 57.3 Å². The summed E-state index contributed by atoms with van der Waals surface area (Å²) >= 11 is 0. The third-order valence-corrected chi connectivity index (χ3v) is 0.624. The largest absolute Gasteiger partial charge is 0.408 e. The van der Waals surface area contributed by atoms with Crippen molar-refractivity contribution in [1.82, 2.24) is 0 Å². The van der Waals surface area contributed by atoms with Gasteiger partial charge in [-0.05, 0) is 0 Å². The number of nitrogens with one attached hydrogen (secondary N) is 1. The number of ether oxygens (including phenoxy) is 1. The number of carbonyl (C=O) groups is 1. The molecule has 0 radical (unpaired) electrons. The molecule has 0 aliphatic heterocycles. The summed E-state index contributed by atoms with van der Waals surface area (Å²) in [4.78, 5) is 10.1. The minimum atomic E-state index is -1.65. The molecule has 1 unspecified atom stereocenters. The van der Waals surface area contributed by atoms with Crippen LogP contribution in [0.15, 0.2) is 0 Å². The monoisotopic (exact) mass is 142 g/mol. The first-order valence-electron chi connectivity index (χ1n) is 2.42. The van der Waals surface area contributed by atoms with Crippen LogP contribution >= 0.6 is 0 Å². The molecule has 0 aromatic heterocycles. The highest BCUT2D eigenvalue weighted by Gasteiger charge is 2.12. The minimum absolute atomic E-state index is 0.723. The fourth-order valence-electron chi connectivity index (χ4n) is 0.269. The van der Waals surface area contributed by atoms with Gasteiger partial charge in [-0.15, -0.1) is 0 Å². The summed E-state index contributed by atoms with van der Waals surface area (Å²) in [6, 6.07) is 1.32. The van der Waals surface area contributed by atoms with Crippen molar-refractivity contribution in [2.24, 2.45) is 0 Å². The smallest absolute Gasteiger partial charge is 0.309 e. The van der Waals surface area contributed by atoms with Crippen LogP contribution in [0.25, 0.3) is 0 Å². The minimum Gasteiger partial charge on any atom is -0.408 e. The van der Waals surface area contributed by atoms with E-state index >= 15 is 0 Å². The molecule has 0 fully saturated rings.